The summed E-state index contributed by atoms with van der Waals surface area (Å²) in [7, 11) is 0. The SMILES string of the molecule is CCOc1ccc(N2C(=O)/C(=C/c3ccc(OCc4ccc5ccccc5c4)cc3)SC2=S)cc1. The number of thioether (sulfide) groups is 1. The van der Waals surface area contributed by atoms with Gasteiger partial charge in [0.15, 0.2) is 4.32 Å². The molecule has 6 heteroatoms. The van der Waals surface area contributed by atoms with Crippen molar-refractivity contribution in [3.05, 3.63) is 107 Å². The minimum atomic E-state index is -0.124. The number of nitrogens with zero attached hydrogens (tertiary/aromatic N) is 1. The van der Waals surface area contributed by atoms with Crippen molar-refractivity contribution < 1.29 is 14.3 Å². The van der Waals surface area contributed by atoms with Gasteiger partial charge in [0.1, 0.15) is 18.1 Å². The summed E-state index contributed by atoms with van der Waals surface area (Å²) >= 11 is 6.79. The average molecular weight is 498 g/mol. The van der Waals surface area contributed by atoms with Gasteiger partial charge in [0.05, 0.1) is 17.2 Å². The fourth-order valence-electron chi connectivity index (χ4n) is 3.86. The van der Waals surface area contributed by atoms with E-state index in [4.69, 9.17) is 21.7 Å². The zero-order chi connectivity index (χ0) is 24.2. The predicted octanol–water partition coefficient (Wildman–Crippen LogP) is 7.22. The first kappa shape index (κ1) is 23.1. The van der Waals surface area contributed by atoms with Crippen LogP contribution in [0.2, 0.25) is 0 Å². The molecule has 4 aromatic carbocycles. The quantitative estimate of drug-likeness (QED) is 0.199. The number of carbonyl (C=O) groups excluding carboxylic acids is 1. The van der Waals surface area contributed by atoms with Crippen LogP contribution in [0.4, 0.5) is 5.69 Å². The van der Waals surface area contributed by atoms with E-state index in [2.05, 4.69) is 30.3 Å². The van der Waals surface area contributed by atoms with Crippen LogP contribution in [0, 0.1) is 0 Å². The van der Waals surface area contributed by atoms with Gasteiger partial charge in [-0.1, -0.05) is 72.5 Å². The number of anilines is 1. The summed E-state index contributed by atoms with van der Waals surface area (Å²) in [4.78, 5) is 15.2. The highest BCUT2D eigenvalue weighted by atomic mass is 32.2. The van der Waals surface area contributed by atoms with E-state index < -0.39 is 0 Å². The number of thiocarbonyl (C=S) groups is 1. The highest BCUT2D eigenvalue weighted by Crippen LogP contribution is 2.36. The molecule has 1 heterocycles. The molecule has 4 nitrogen and oxygen atoms in total. The van der Waals surface area contributed by atoms with E-state index in [-0.39, 0.29) is 5.91 Å². The van der Waals surface area contributed by atoms with Crippen molar-refractivity contribution in [1.82, 2.24) is 0 Å². The molecular weight excluding hydrogens is 474 g/mol. The number of amides is 1. The highest BCUT2D eigenvalue weighted by molar-refractivity contribution is 8.27. The van der Waals surface area contributed by atoms with Gasteiger partial charge in [-0.15, -0.1) is 0 Å². The van der Waals surface area contributed by atoms with Gasteiger partial charge in [0.25, 0.3) is 5.91 Å². The summed E-state index contributed by atoms with van der Waals surface area (Å²) in [5.74, 6) is 1.41. The summed E-state index contributed by atoms with van der Waals surface area (Å²) in [5.41, 5.74) is 2.76. The van der Waals surface area contributed by atoms with E-state index in [9.17, 15) is 4.79 Å². The maximum atomic E-state index is 13.0. The molecule has 1 aliphatic rings. The fraction of sp³-hybridized carbons (Fsp3) is 0.103. The largest absolute Gasteiger partial charge is 0.494 e. The lowest BCUT2D eigenvalue weighted by atomic mass is 10.1. The average Bonchev–Trinajstić information content (AvgIpc) is 3.16. The first-order valence-corrected chi connectivity index (χ1v) is 12.5. The molecule has 0 unspecified atom stereocenters. The van der Waals surface area contributed by atoms with E-state index in [1.165, 1.54) is 22.5 Å². The molecule has 1 aliphatic heterocycles. The van der Waals surface area contributed by atoms with Gasteiger partial charge in [-0.2, -0.15) is 0 Å². The topological polar surface area (TPSA) is 38.8 Å². The van der Waals surface area contributed by atoms with Crippen LogP contribution in [0.1, 0.15) is 18.1 Å². The molecule has 4 aromatic rings. The van der Waals surface area contributed by atoms with Gasteiger partial charge >= 0.3 is 0 Å². The summed E-state index contributed by atoms with van der Waals surface area (Å²) in [6.07, 6.45) is 1.86. The van der Waals surface area contributed by atoms with Crippen molar-refractivity contribution in [2.45, 2.75) is 13.5 Å². The van der Waals surface area contributed by atoms with E-state index in [1.54, 1.807) is 4.90 Å². The Morgan fingerprint density at radius 1 is 0.857 bits per heavy atom. The summed E-state index contributed by atoms with van der Waals surface area (Å²) in [6, 6.07) is 29.7. The first-order valence-electron chi connectivity index (χ1n) is 11.3. The maximum Gasteiger partial charge on any atom is 0.270 e. The van der Waals surface area contributed by atoms with Crippen molar-refractivity contribution in [2.75, 3.05) is 11.5 Å². The van der Waals surface area contributed by atoms with E-state index >= 15 is 0 Å². The number of rotatable bonds is 7. The van der Waals surface area contributed by atoms with Gasteiger partial charge in [-0.3, -0.25) is 9.69 Å². The third kappa shape index (κ3) is 5.24. The maximum absolute atomic E-state index is 13.0. The molecule has 0 aliphatic carbocycles. The molecule has 1 saturated heterocycles. The molecule has 35 heavy (non-hydrogen) atoms. The van der Waals surface area contributed by atoms with Crippen molar-refractivity contribution >= 4 is 56.7 Å². The zero-order valence-electron chi connectivity index (χ0n) is 19.1. The van der Waals surface area contributed by atoms with Gasteiger partial charge in [-0.05, 0) is 77.4 Å². The molecule has 0 N–H and O–H groups in total. The van der Waals surface area contributed by atoms with Gasteiger partial charge in [0.2, 0.25) is 0 Å². The fourth-order valence-corrected chi connectivity index (χ4v) is 5.15. The Bertz CT molecular complexity index is 1410. The normalized spacial score (nSPS) is 14.7. The number of hydrogen-bond donors (Lipinski definition) is 0. The first-order chi connectivity index (χ1) is 17.1. The lowest BCUT2D eigenvalue weighted by Gasteiger charge is -2.15. The Balaban J connectivity index is 1.25. The van der Waals surface area contributed by atoms with E-state index in [0.717, 1.165) is 28.3 Å². The minimum Gasteiger partial charge on any atom is -0.494 e. The second-order valence-corrected chi connectivity index (χ2v) is 9.66. The zero-order valence-corrected chi connectivity index (χ0v) is 20.8. The summed E-state index contributed by atoms with van der Waals surface area (Å²) in [5, 5.41) is 2.42. The number of ether oxygens (including phenoxy) is 2. The number of benzene rings is 4. The van der Waals surface area contributed by atoms with Gasteiger partial charge < -0.3 is 9.47 Å². The number of hydrogen-bond acceptors (Lipinski definition) is 5. The van der Waals surface area contributed by atoms with Gasteiger partial charge in [0, 0.05) is 0 Å². The molecule has 5 rings (SSSR count). The van der Waals surface area contributed by atoms with Crippen molar-refractivity contribution in [3.8, 4) is 11.5 Å². The predicted molar refractivity (Wildman–Crippen MR) is 148 cm³/mol. The second kappa shape index (κ2) is 10.3. The molecule has 0 bridgehead atoms. The Hall–Kier alpha value is -3.61. The lowest BCUT2D eigenvalue weighted by Crippen LogP contribution is -2.27. The van der Waals surface area contributed by atoms with Crippen LogP contribution < -0.4 is 14.4 Å². The molecule has 0 spiro atoms. The Kier molecular flexibility index (Phi) is 6.84. The Morgan fingerprint density at radius 2 is 1.54 bits per heavy atom. The highest BCUT2D eigenvalue weighted by Gasteiger charge is 2.33. The Labute approximate surface area is 214 Å². The molecular formula is C29H23NO3S2. The van der Waals surface area contributed by atoms with Gasteiger partial charge in [-0.25, -0.2) is 0 Å². The molecule has 0 atom stereocenters. The molecule has 1 amide bonds. The van der Waals surface area contributed by atoms with Crippen molar-refractivity contribution in [2.24, 2.45) is 0 Å². The van der Waals surface area contributed by atoms with Crippen LogP contribution in [0.25, 0.3) is 16.8 Å². The van der Waals surface area contributed by atoms with E-state index in [0.29, 0.717) is 22.4 Å². The van der Waals surface area contributed by atoms with Crippen LogP contribution in [-0.4, -0.2) is 16.8 Å². The van der Waals surface area contributed by atoms with Crippen LogP contribution >= 0.6 is 24.0 Å². The number of fused-ring (bicyclic) bond motifs is 1. The standard InChI is InChI=1S/C29H23NO3S2/c1-2-32-25-15-11-24(12-16-25)30-28(31)27(35-29(30)34)18-20-8-13-26(14-9-20)33-19-21-7-10-22-5-3-4-6-23(22)17-21/h3-18H,2,19H2,1H3/b27-18-. The summed E-state index contributed by atoms with van der Waals surface area (Å²) in [6.45, 7) is 3.02. The smallest absolute Gasteiger partial charge is 0.270 e. The minimum absolute atomic E-state index is 0.124. The number of carbonyl (C=O) groups is 1. The summed E-state index contributed by atoms with van der Waals surface area (Å²) < 4.78 is 12.0. The van der Waals surface area contributed by atoms with Crippen LogP contribution in [-0.2, 0) is 11.4 Å². The lowest BCUT2D eigenvalue weighted by molar-refractivity contribution is -0.113. The third-order valence-corrected chi connectivity index (χ3v) is 6.90. The molecule has 0 saturated carbocycles. The van der Waals surface area contributed by atoms with E-state index in [1.807, 2.05) is 73.7 Å². The molecule has 174 valence electrons. The third-order valence-electron chi connectivity index (χ3n) is 5.60. The molecule has 0 aromatic heterocycles. The van der Waals surface area contributed by atoms with Crippen molar-refractivity contribution in [1.29, 1.82) is 0 Å². The van der Waals surface area contributed by atoms with Crippen LogP contribution in [0.5, 0.6) is 11.5 Å². The Morgan fingerprint density at radius 3 is 2.29 bits per heavy atom. The van der Waals surface area contributed by atoms with Crippen LogP contribution in [0.3, 0.4) is 0 Å². The molecule has 0 radical (unpaired) electrons. The van der Waals surface area contributed by atoms with Crippen LogP contribution in [0.15, 0.2) is 95.9 Å². The van der Waals surface area contributed by atoms with Crippen molar-refractivity contribution in [3.63, 3.8) is 0 Å². The second-order valence-electron chi connectivity index (χ2n) is 7.98. The molecule has 1 fully saturated rings. The monoisotopic (exact) mass is 497 g/mol.